The molecule has 2 atom stereocenters. The summed E-state index contributed by atoms with van der Waals surface area (Å²) in [7, 11) is 0. The van der Waals surface area contributed by atoms with Crippen LogP contribution in [0.4, 0.5) is 0 Å². The van der Waals surface area contributed by atoms with Crippen LogP contribution in [0.2, 0.25) is 0 Å². The molecule has 2 aromatic rings. The van der Waals surface area contributed by atoms with E-state index in [0.29, 0.717) is 0 Å². The van der Waals surface area contributed by atoms with Crippen molar-refractivity contribution in [3.05, 3.63) is 47.5 Å². The predicted octanol–water partition coefficient (Wildman–Crippen LogP) is 2.08. The van der Waals surface area contributed by atoms with E-state index < -0.39 is 0 Å². The van der Waals surface area contributed by atoms with Crippen LogP contribution in [0.1, 0.15) is 23.9 Å². The van der Waals surface area contributed by atoms with Crippen LogP contribution in [0.25, 0.3) is 0 Å². The Bertz CT molecular complexity index is 604. The number of fused-ring (bicyclic) bond motifs is 1. The molecular formula is C16H21N3O. The number of imidazole rings is 1. The van der Waals surface area contributed by atoms with Crippen molar-refractivity contribution >= 4 is 0 Å². The van der Waals surface area contributed by atoms with E-state index in [-0.39, 0.29) is 12.1 Å². The summed E-state index contributed by atoms with van der Waals surface area (Å²) in [5, 5.41) is 0. The van der Waals surface area contributed by atoms with Gasteiger partial charge < -0.3 is 15.0 Å². The summed E-state index contributed by atoms with van der Waals surface area (Å²) in [5.41, 5.74) is 8.46. The number of benzene rings is 1. The maximum Gasteiger partial charge on any atom is 0.123 e. The number of aromatic nitrogens is 2. The van der Waals surface area contributed by atoms with Gasteiger partial charge in [-0.1, -0.05) is 17.7 Å². The molecule has 3 rings (SSSR count). The first-order valence-electron chi connectivity index (χ1n) is 7.13. The molecule has 4 heteroatoms. The number of ether oxygens (including phenoxy) is 1. The molecule has 0 amide bonds. The Morgan fingerprint density at radius 1 is 1.50 bits per heavy atom. The van der Waals surface area contributed by atoms with Gasteiger partial charge in [-0.15, -0.1) is 0 Å². The second kappa shape index (κ2) is 5.29. The molecule has 1 aliphatic rings. The number of hydrogen-bond acceptors (Lipinski definition) is 3. The van der Waals surface area contributed by atoms with Gasteiger partial charge in [-0.05, 0) is 25.5 Å². The zero-order chi connectivity index (χ0) is 14.1. The number of nitrogens with zero attached hydrogens (tertiary/aromatic N) is 2. The lowest BCUT2D eigenvalue weighted by molar-refractivity contribution is 0.207. The molecular weight excluding hydrogens is 250 g/mol. The highest BCUT2D eigenvalue weighted by molar-refractivity contribution is 5.40. The van der Waals surface area contributed by atoms with Gasteiger partial charge in [-0.2, -0.15) is 0 Å². The van der Waals surface area contributed by atoms with Crippen LogP contribution < -0.4 is 10.5 Å². The third kappa shape index (κ3) is 2.70. The molecule has 0 saturated carbocycles. The SMILES string of the molecule is Cc1ccc2c(c1)CC(Cn1ccnc1CC(C)N)O2. The topological polar surface area (TPSA) is 53.1 Å². The molecule has 0 radical (unpaired) electrons. The summed E-state index contributed by atoms with van der Waals surface area (Å²) in [4.78, 5) is 4.39. The van der Waals surface area contributed by atoms with Gasteiger partial charge in [0.05, 0.1) is 6.54 Å². The zero-order valence-electron chi connectivity index (χ0n) is 12.0. The maximum atomic E-state index is 6.02. The molecule has 2 N–H and O–H groups in total. The molecule has 1 aromatic heterocycles. The van der Waals surface area contributed by atoms with Crippen LogP contribution in [-0.2, 0) is 19.4 Å². The third-order valence-electron chi connectivity index (χ3n) is 3.66. The maximum absolute atomic E-state index is 6.02. The minimum absolute atomic E-state index is 0.125. The van der Waals surface area contributed by atoms with E-state index in [1.54, 1.807) is 0 Å². The number of aryl methyl sites for hydroxylation is 1. The fourth-order valence-corrected chi connectivity index (χ4v) is 2.75. The molecule has 0 spiro atoms. The van der Waals surface area contributed by atoms with Gasteiger partial charge in [0, 0.05) is 31.3 Å². The summed E-state index contributed by atoms with van der Waals surface area (Å²) in [5.74, 6) is 2.06. The van der Waals surface area contributed by atoms with Crippen molar-refractivity contribution in [1.29, 1.82) is 0 Å². The van der Waals surface area contributed by atoms with Crippen molar-refractivity contribution in [3.8, 4) is 5.75 Å². The van der Waals surface area contributed by atoms with Crippen molar-refractivity contribution in [2.24, 2.45) is 5.73 Å². The first kappa shape index (κ1) is 13.2. The van der Waals surface area contributed by atoms with E-state index in [2.05, 4.69) is 34.7 Å². The summed E-state index contributed by atoms with van der Waals surface area (Å²) in [6.45, 7) is 4.95. The van der Waals surface area contributed by atoms with Crippen molar-refractivity contribution in [2.45, 2.75) is 45.4 Å². The first-order valence-corrected chi connectivity index (χ1v) is 7.13. The molecule has 1 aromatic carbocycles. The minimum Gasteiger partial charge on any atom is -0.488 e. The molecule has 20 heavy (non-hydrogen) atoms. The van der Waals surface area contributed by atoms with Gasteiger partial charge in [0.25, 0.3) is 0 Å². The van der Waals surface area contributed by atoms with E-state index in [4.69, 9.17) is 10.5 Å². The normalized spacial score (nSPS) is 18.6. The molecule has 0 fully saturated rings. The Balaban J connectivity index is 1.70. The predicted molar refractivity (Wildman–Crippen MR) is 78.9 cm³/mol. The average molecular weight is 271 g/mol. The molecule has 0 saturated heterocycles. The Labute approximate surface area is 119 Å². The first-order chi connectivity index (χ1) is 9.61. The second-order valence-corrected chi connectivity index (χ2v) is 5.73. The van der Waals surface area contributed by atoms with Crippen molar-refractivity contribution in [1.82, 2.24) is 9.55 Å². The second-order valence-electron chi connectivity index (χ2n) is 5.73. The van der Waals surface area contributed by atoms with Crippen molar-refractivity contribution < 1.29 is 4.74 Å². The number of nitrogens with two attached hydrogens (primary N) is 1. The summed E-state index contributed by atoms with van der Waals surface area (Å²) >= 11 is 0. The Kier molecular flexibility index (Phi) is 3.49. The minimum atomic E-state index is 0.125. The van der Waals surface area contributed by atoms with Gasteiger partial charge in [0.2, 0.25) is 0 Å². The van der Waals surface area contributed by atoms with Crippen LogP contribution >= 0.6 is 0 Å². The highest BCUT2D eigenvalue weighted by atomic mass is 16.5. The van der Waals surface area contributed by atoms with Crippen LogP contribution in [0.3, 0.4) is 0 Å². The Morgan fingerprint density at radius 2 is 2.35 bits per heavy atom. The van der Waals surface area contributed by atoms with E-state index in [9.17, 15) is 0 Å². The van der Waals surface area contributed by atoms with E-state index >= 15 is 0 Å². The smallest absolute Gasteiger partial charge is 0.123 e. The number of rotatable bonds is 4. The molecule has 2 unspecified atom stereocenters. The highest BCUT2D eigenvalue weighted by Gasteiger charge is 2.23. The van der Waals surface area contributed by atoms with Gasteiger partial charge in [0.15, 0.2) is 0 Å². The Hall–Kier alpha value is -1.81. The fraction of sp³-hybridized carbons (Fsp3) is 0.438. The zero-order valence-corrected chi connectivity index (χ0v) is 12.0. The number of hydrogen-bond donors (Lipinski definition) is 1. The standard InChI is InChI=1S/C16H21N3O/c1-11-3-4-15-13(7-11)9-14(20-15)10-19-6-5-18-16(19)8-12(2)17/h3-7,12,14H,8-10,17H2,1-2H3. The van der Waals surface area contributed by atoms with Gasteiger partial charge >= 0.3 is 0 Å². The lowest BCUT2D eigenvalue weighted by Gasteiger charge is -2.14. The largest absolute Gasteiger partial charge is 0.488 e. The van der Waals surface area contributed by atoms with E-state index in [1.807, 2.05) is 19.3 Å². The van der Waals surface area contributed by atoms with Crippen LogP contribution in [-0.4, -0.2) is 21.7 Å². The molecule has 106 valence electrons. The molecule has 0 bridgehead atoms. The molecule has 0 aliphatic carbocycles. The Morgan fingerprint density at radius 3 is 3.15 bits per heavy atom. The van der Waals surface area contributed by atoms with Gasteiger partial charge in [-0.3, -0.25) is 0 Å². The lowest BCUT2D eigenvalue weighted by Crippen LogP contribution is -2.25. The fourth-order valence-electron chi connectivity index (χ4n) is 2.75. The molecule has 4 nitrogen and oxygen atoms in total. The summed E-state index contributed by atoms with van der Waals surface area (Å²) < 4.78 is 8.17. The highest BCUT2D eigenvalue weighted by Crippen LogP contribution is 2.30. The molecule has 2 heterocycles. The van der Waals surface area contributed by atoms with Gasteiger partial charge in [-0.25, -0.2) is 4.98 Å². The monoisotopic (exact) mass is 271 g/mol. The van der Waals surface area contributed by atoms with Crippen LogP contribution in [0.15, 0.2) is 30.6 Å². The van der Waals surface area contributed by atoms with Crippen LogP contribution in [0.5, 0.6) is 5.75 Å². The summed E-state index contributed by atoms with van der Waals surface area (Å²) in [6.07, 6.45) is 5.80. The van der Waals surface area contributed by atoms with Crippen molar-refractivity contribution in [3.63, 3.8) is 0 Å². The van der Waals surface area contributed by atoms with Gasteiger partial charge in [0.1, 0.15) is 17.7 Å². The third-order valence-corrected chi connectivity index (χ3v) is 3.66. The quantitative estimate of drug-likeness (QED) is 0.926. The van der Waals surface area contributed by atoms with E-state index in [1.165, 1.54) is 11.1 Å². The summed E-state index contributed by atoms with van der Waals surface area (Å²) in [6, 6.07) is 6.51. The van der Waals surface area contributed by atoms with Crippen molar-refractivity contribution in [2.75, 3.05) is 0 Å². The van der Waals surface area contributed by atoms with E-state index in [0.717, 1.165) is 31.0 Å². The lowest BCUT2D eigenvalue weighted by atomic mass is 10.1. The molecule has 1 aliphatic heterocycles. The average Bonchev–Trinajstić information content (AvgIpc) is 2.95. The van der Waals surface area contributed by atoms with Crippen LogP contribution in [0, 0.1) is 6.92 Å².